The number of hydrogen-bond donors (Lipinski definition) is 2. The molecular weight excluding hydrogens is 467 g/mol. The van der Waals surface area contributed by atoms with Gasteiger partial charge in [0.05, 0.1) is 24.2 Å². The molecular formula is C29H31FN6O. The van der Waals surface area contributed by atoms with Crippen LogP contribution in [0.3, 0.4) is 0 Å². The maximum absolute atomic E-state index is 13.7. The van der Waals surface area contributed by atoms with Gasteiger partial charge >= 0.3 is 0 Å². The van der Waals surface area contributed by atoms with Gasteiger partial charge in [-0.25, -0.2) is 14.4 Å². The average molecular weight is 499 g/mol. The number of pyridine rings is 2. The second-order valence-corrected chi connectivity index (χ2v) is 10.5. The van der Waals surface area contributed by atoms with Gasteiger partial charge in [0.2, 0.25) is 0 Å². The molecule has 3 aromatic heterocycles. The molecule has 8 heteroatoms. The summed E-state index contributed by atoms with van der Waals surface area (Å²) in [5, 5.41) is 7.13. The number of fused-ring (bicyclic) bond motifs is 2. The van der Waals surface area contributed by atoms with Crippen molar-refractivity contribution in [3.8, 4) is 11.3 Å². The Morgan fingerprint density at radius 2 is 2.03 bits per heavy atom. The van der Waals surface area contributed by atoms with E-state index in [0.717, 1.165) is 67.7 Å². The number of aromatic nitrogens is 3. The summed E-state index contributed by atoms with van der Waals surface area (Å²) in [4.78, 5) is 12.0. The highest BCUT2D eigenvalue weighted by Gasteiger charge is 2.29. The highest BCUT2D eigenvalue weighted by molar-refractivity contribution is 5.75. The molecule has 0 spiro atoms. The predicted molar refractivity (Wildman–Crippen MR) is 141 cm³/mol. The van der Waals surface area contributed by atoms with E-state index in [-0.39, 0.29) is 5.82 Å². The highest BCUT2D eigenvalue weighted by atomic mass is 19.1. The molecule has 0 amide bonds. The Bertz CT molecular complexity index is 1470. The van der Waals surface area contributed by atoms with Crippen LogP contribution >= 0.6 is 0 Å². The van der Waals surface area contributed by atoms with Crippen LogP contribution in [0, 0.1) is 5.82 Å². The van der Waals surface area contributed by atoms with Crippen molar-refractivity contribution in [3.63, 3.8) is 0 Å². The summed E-state index contributed by atoms with van der Waals surface area (Å²) in [7, 11) is 2.21. The lowest BCUT2D eigenvalue weighted by Crippen LogP contribution is -2.22. The lowest BCUT2D eigenvalue weighted by Gasteiger charge is -2.21. The first-order valence-corrected chi connectivity index (χ1v) is 13.2. The van der Waals surface area contributed by atoms with Crippen LogP contribution in [0.15, 0.2) is 48.8 Å². The largest absolute Gasteiger partial charge is 0.381 e. The van der Waals surface area contributed by atoms with Crippen LogP contribution in [0.5, 0.6) is 0 Å². The third kappa shape index (κ3) is 4.29. The number of anilines is 2. The van der Waals surface area contributed by atoms with Crippen LogP contribution in [0.2, 0.25) is 0 Å². The van der Waals surface area contributed by atoms with Crippen molar-refractivity contribution >= 4 is 17.2 Å². The van der Waals surface area contributed by atoms with E-state index in [1.165, 1.54) is 41.7 Å². The molecule has 2 aliphatic heterocycles. The standard InChI is InChI=1S/C29H31FN6O/c1-35(20-2-3-20)16-26-21(18-9-11-37-17-18)5-7-28(34-26)33-25-6-4-22(23-13-31-14-24(23)25)27-15-32-29-12-19(30)8-10-36(27)29/h4-8,10,12,15,18,20,31H,2-3,9,11,13-14,16-17H2,1H3,(H,33,34)/t18-/m1/s1. The number of nitrogens with zero attached hydrogens (tertiary/aromatic N) is 4. The summed E-state index contributed by atoms with van der Waals surface area (Å²) in [6.07, 6.45) is 7.19. The summed E-state index contributed by atoms with van der Waals surface area (Å²) in [5.41, 5.74) is 8.70. The van der Waals surface area contributed by atoms with Gasteiger partial charge in [0.15, 0.2) is 0 Å². The minimum Gasteiger partial charge on any atom is -0.381 e. The molecule has 7 nitrogen and oxygen atoms in total. The molecule has 1 saturated carbocycles. The first-order valence-electron chi connectivity index (χ1n) is 13.2. The molecule has 5 heterocycles. The molecule has 3 aliphatic rings. The second kappa shape index (κ2) is 9.20. The normalized spacial score (nSPS) is 19.2. The van der Waals surface area contributed by atoms with Gasteiger partial charge in [-0.3, -0.25) is 9.30 Å². The minimum absolute atomic E-state index is 0.280. The zero-order chi connectivity index (χ0) is 24.9. The topological polar surface area (TPSA) is 66.7 Å². The third-order valence-corrected chi connectivity index (χ3v) is 8.00. The summed E-state index contributed by atoms with van der Waals surface area (Å²) in [6, 6.07) is 12.2. The second-order valence-electron chi connectivity index (χ2n) is 10.5. The molecule has 0 unspecified atom stereocenters. The Hall–Kier alpha value is -3.33. The predicted octanol–water partition coefficient (Wildman–Crippen LogP) is 4.98. The van der Waals surface area contributed by atoms with E-state index in [1.807, 2.05) is 10.6 Å². The molecule has 37 heavy (non-hydrogen) atoms. The van der Waals surface area contributed by atoms with Gasteiger partial charge in [-0.15, -0.1) is 0 Å². The van der Waals surface area contributed by atoms with Gasteiger partial charge in [-0.2, -0.15) is 0 Å². The Labute approximate surface area is 215 Å². The lowest BCUT2D eigenvalue weighted by molar-refractivity contribution is 0.193. The molecule has 2 N–H and O–H groups in total. The van der Waals surface area contributed by atoms with Crippen molar-refractivity contribution in [2.45, 2.75) is 50.9 Å². The van der Waals surface area contributed by atoms with Crippen molar-refractivity contribution in [1.29, 1.82) is 0 Å². The molecule has 7 rings (SSSR count). The van der Waals surface area contributed by atoms with E-state index in [9.17, 15) is 4.39 Å². The van der Waals surface area contributed by atoms with Crippen molar-refractivity contribution < 1.29 is 9.13 Å². The maximum atomic E-state index is 13.7. The summed E-state index contributed by atoms with van der Waals surface area (Å²) < 4.78 is 21.3. The highest BCUT2D eigenvalue weighted by Crippen LogP contribution is 2.36. The quantitative estimate of drug-likeness (QED) is 0.375. The van der Waals surface area contributed by atoms with E-state index in [1.54, 1.807) is 6.20 Å². The maximum Gasteiger partial charge on any atom is 0.140 e. The number of benzene rings is 1. The number of rotatable bonds is 7. The van der Waals surface area contributed by atoms with Gasteiger partial charge in [-0.1, -0.05) is 12.1 Å². The fourth-order valence-corrected chi connectivity index (χ4v) is 5.80. The summed E-state index contributed by atoms with van der Waals surface area (Å²) in [5.74, 6) is 1.02. The third-order valence-electron chi connectivity index (χ3n) is 8.00. The van der Waals surface area contributed by atoms with Crippen molar-refractivity contribution in [3.05, 3.63) is 77.0 Å². The smallest absolute Gasteiger partial charge is 0.140 e. The first kappa shape index (κ1) is 22.8. The number of nitrogens with one attached hydrogen (secondary N) is 2. The number of ether oxygens (including phenoxy) is 1. The number of hydrogen-bond acceptors (Lipinski definition) is 6. The van der Waals surface area contributed by atoms with Gasteiger partial charge < -0.3 is 15.4 Å². The van der Waals surface area contributed by atoms with Crippen LogP contribution in [-0.4, -0.2) is 45.6 Å². The molecule has 4 aromatic rings. The van der Waals surface area contributed by atoms with E-state index < -0.39 is 0 Å². The van der Waals surface area contributed by atoms with E-state index in [4.69, 9.17) is 9.72 Å². The Morgan fingerprint density at radius 1 is 1.14 bits per heavy atom. The molecule has 1 saturated heterocycles. The summed E-state index contributed by atoms with van der Waals surface area (Å²) >= 11 is 0. The molecule has 190 valence electrons. The molecule has 2 fully saturated rings. The Morgan fingerprint density at radius 3 is 2.86 bits per heavy atom. The SMILES string of the molecule is CN(Cc1nc(Nc2ccc(-c3cnc4cc(F)ccn34)c3c2CNC3)ccc1[C@@H]1CCOC1)C1CC1. The lowest BCUT2D eigenvalue weighted by atomic mass is 9.96. The molecule has 1 atom stereocenters. The van der Waals surface area contributed by atoms with Gasteiger partial charge in [0.1, 0.15) is 17.3 Å². The number of halogens is 1. The Kier molecular flexibility index (Phi) is 5.68. The van der Waals surface area contributed by atoms with E-state index >= 15 is 0 Å². The van der Waals surface area contributed by atoms with Crippen LogP contribution in [0.25, 0.3) is 16.9 Å². The van der Waals surface area contributed by atoms with Crippen LogP contribution in [0.4, 0.5) is 15.9 Å². The molecule has 1 aliphatic carbocycles. The van der Waals surface area contributed by atoms with Gasteiger partial charge in [0, 0.05) is 61.7 Å². The van der Waals surface area contributed by atoms with E-state index in [0.29, 0.717) is 17.6 Å². The fraction of sp³-hybridized carbons (Fsp3) is 0.379. The van der Waals surface area contributed by atoms with Crippen LogP contribution in [0.1, 0.15) is 47.6 Å². The minimum atomic E-state index is -0.280. The van der Waals surface area contributed by atoms with Crippen molar-refractivity contribution in [2.24, 2.45) is 0 Å². The first-order chi connectivity index (χ1) is 18.1. The molecule has 1 aromatic carbocycles. The van der Waals surface area contributed by atoms with Crippen LogP contribution in [-0.2, 0) is 24.4 Å². The Balaban J connectivity index is 1.22. The monoisotopic (exact) mass is 498 g/mol. The molecule has 0 radical (unpaired) electrons. The van der Waals surface area contributed by atoms with Crippen molar-refractivity contribution in [1.82, 2.24) is 24.6 Å². The average Bonchev–Trinajstić information content (AvgIpc) is 3.26. The van der Waals surface area contributed by atoms with Gasteiger partial charge in [-0.05, 0) is 61.2 Å². The van der Waals surface area contributed by atoms with Gasteiger partial charge in [0.25, 0.3) is 0 Å². The zero-order valence-electron chi connectivity index (χ0n) is 21.0. The van der Waals surface area contributed by atoms with Crippen LogP contribution < -0.4 is 10.6 Å². The summed E-state index contributed by atoms with van der Waals surface area (Å²) in [6.45, 7) is 4.03. The zero-order valence-corrected chi connectivity index (χ0v) is 21.0. The fourth-order valence-electron chi connectivity index (χ4n) is 5.80. The number of imidazole rings is 1. The van der Waals surface area contributed by atoms with E-state index in [2.05, 4.69) is 51.8 Å². The molecule has 0 bridgehead atoms. The van der Waals surface area contributed by atoms with Crippen molar-refractivity contribution in [2.75, 3.05) is 25.6 Å².